The molecule has 4 aromatic heterocycles. The van der Waals surface area contributed by atoms with Gasteiger partial charge in [0.05, 0.1) is 19.5 Å². The second-order valence-corrected chi connectivity index (χ2v) is 16.1. The Kier molecular flexibility index (Phi) is 7.61. The lowest BCUT2D eigenvalue weighted by molar-refractivity contribution is -0.0565. The van der Waals surface area contributed by atoms with Crippen molar-refractivity contribution >= 4 is 71.9 Å². The maximum atomic E-state index is 13.5. The van der Waals surface area contributed by atoms with E-state index in [2.05, 4.69) is 44.4 Å². The highest BCUT2D eigenvalue weighted by atomic mass is 32.7. The number of hydrogen-bond donors (Lipinski definition) is 6. The third-order valence-corrected chi connectivity index (χ3v) is 10.8. The van der Waals surface area contributed by atoms with Gasteiger partial charge in [-0.2, -0.15) is 4.98 Å². The fourth-order valence-electron chi connectivity index (χ4n) is 5.49. The van der Waals surface area contributed by atoms with Gasteiger partial charge in [-0.05, 0) is 12.1 Å². The SMILES string of the molecule is Nc1nc2c(ncn2[C@@H]2OC3CO[P@@](=O)(S)O[C@H]4C[C@H](n5ccc6c(N)ccnc65)OC4CO[P@@](=O)(S)O[C@@H]2[C@@H]3O)c(=O)[nH]1. The summed E-state index contributed by atoms with van der Waals surface area (Å²) in [6.45, 7) is -9.22. The minimum Gasteiger partial charge on any atom is -0.398 e. The van der Waals surface area contributed by atoms with Gasteiger partial charge >= 0.3 is 13.6 Å². The number of imidazole rings is 1. The number of nitrogens with one attached hydrogen (secondary N) is 1. The van der Waals surface area contributed by atoms with Crippen molar-refractivity contribution in [3.63, 3.8) is 0 Å². The lowest BCUT2D eigenvalue weighted by atomic mass is 10.1. The van der Waals surface area contributed by atoms with Crippen LogP contribution in [0.4, 0.5) is 11.6 Å². The number of nitrogens with two attached hydrogens (primary N) is 2. The van der Waals surface area contributed by atoms with Crippen LogP contribution < -0.4 is 17.0 Å². The molecule has 0 aliphatic carbocycles. The highest BCUT2D eigenvalue weighted by Crippen LogP contribution is 2.60. The number of thiol groups is 2. The number of fused-ring (bicyclic) bond motifs is 5. The molecule has 0 radical (unpaired) electrons. The van der Waals surface area contributed by atoms with Crippen LogP contribution in [-0.4, -0.2) is 77.9 Å². The van der Waals surface area contributed by atoms with Crippen molar-refractivity contribution in [1.29, 1.82) is 0 Å². The fraction of sp³-hybridized carbons (Fsp3) is 0.455. The smallest absolute Gasteiger partial charge is 0.386 e. The van der Waals surface area contributed by atoms with Crippen LogP contribution in [0.2, 0.25) is 0 Å². The fourth-order valence-corrected chi connectivity index (χ4v) is 8.47. The topological polar surface area (TPSA) is 243 Å². The summed E-state index contributed by atoms with van der Waals surface area (Å²) < 4.78 is 64.7. The van der Waals surface area contributed by atoms with Gasteiger partial charge in [-0.1, -0.05) is 24.5 Å². The van der Waals surface area contributed by atoms with Gasteiger partial charge in [0.15, 0.2) is 17.4 Å². The van der Waals surface area contributed by atoms with E-state index in [9.17, 15) is 19.0 Å². The number of H-pyrrole nitrogens is 1. The normalized spacial score (nSPS) is 36.6. The molecule has 2 bridgehead atoms. The molecule has 236 valence electrons. The van der Waals surface area contributed by atoms with Crippen molar-refractivity contribution in [3.8, 4) is 0 Å². The molecule has 2 unspecified atom stereocenters. The maximum absolute atomic E-state index is 13.5. The van der Waals surface area contributed by atoms with E-state index in [-0.39, 0.29) is 30.1 Å². The third-order valence-electron chi connectivity index (χ3n) is 7.50. The van der Waals surface area contributed by atoms with Gasteiger partial charge in [0.25, 0.3) is 5.56 Å². The van der Waals surface area contributed by atoms with E-state index >= 15 is 0 Å². The zero-order valence-electron chi connectivity index (χ0n) is 22.4. The average molecular weight is 689 g/mol. The Morgan fingerprint density at radius 1 is 0.977 bits per heavy atom. The van der Waals surface area contributed by atoms with Crippen molar-refractivity contribution in [3.05, 3.63) is 41.2 Å². The van der Waals surface area contributed by atoms with Crippen LogP contribution in [0, 0.1) is 0 Å². The predicted molar refractivity (Wildman–Crippen MR) is 160 cm³/mol. The molecule has 7 rings (SSSR count). The summed E-state index contributed by atoms with van der Waals surface area (Å²) in [4.78, 5) is 27.2. The number of aliphatic hydroxyl groups is 1. The summed E-state index contributed by atoms with van der Waals surface area (Å²) in [5.41, 5.74) is 12.2. The van der Waals surface area contributed by atoms with Gasteiger partial charge in [0.1, 0.15) is 42.4 Å². The van der Waals surface area contributed by atoms with E-state index in [1.807, 2.05) is 0 Å². The van der Waals surface area contributed by atoms with Crippen LogP contribution in [0.3, 0.4) is 0 Å². The van der Waals surface area contributed by atoms with E-state index < -0.39 is 68.7 Å². The standard InChI is InChI=1S/C22H26N8O10P2S2/c23-10-1-3-25-18-9(10)2-4-29(18)14-5-11-12(37-14)6-35-42(34,44)40-17-16(31)13(7-36-41(33,43)39-11)38-21(17)30-8-26-15-19(30)27-22(24)28-20(15)32/h1-4,8,11-14,16-17,21,31H,5-7H2,(H2,23,25)(H,33,43)(H,34,44)(H3,24,27,28,32)/t11-,12?,13?,14+,16+,17+,21+,41+,42+/m0/s1. The van der Waals surface area contributed by atoms with E-state index in [1.165, 1.54) is 10.9 Å². The van der Waals surface area contributed by atoms with Crippen molar-refractivity contribution in [2.24, 2.45) is 0 Å². The second-order valence-electron chi connectivity index (χ2n) is 10.3. The molecule has 6 N–H and O–H groups in total. The summed E-state index contributed by atoms with van der Waals surface area (Å²) in [6.07, 6.45) is -3.22. The van der Waals surface area contributed by atoms with Gasteiger partial charge in [-0.3, -0.25) is 32.4 Å². The molecule has 9 atom stereocenters. The Hall–Kier alpha value is -2.48. The quantitative estimate of drug-likeness (QED) is 0.130. The van der Waals surface area contributed by atoms with Crippen LogP contribution >= 0.6 is 38.1 Å². The summed E-state index contributed by atoms with van der Waals surface area (Å²) in [5, 5.41) is 11.9. The molecule has 3 saturated heterocycles. The summed E-state index contributed by atoms with van der Waals surface area (Å²) >= 11 is 8.27. The number of aromatic nitrogens is 6. The van der Waals surface area contributed by atoms with E-state index in [0.717, 1.165) is 0 Å². The van der Waals surface area contributed by atoms with Gasteiger partial charge < -0.3 is 30.6 Å². The first-order chi connectivity index (χ1) is 20.9. The Balaban J connectivity index is 1.19. The first-order valence-electron chi connectivity index (χ1n) is 13.1. The Labute approximate surface area is 257 Å². The number of aromatic amines is 1. The highest BCUT2D eigenvalue weighted by molar-refractivity contribution is 8.44. The van der Waals surface area contributed by atoms with Gasteiger partial charge in [-0.15, -0.1) is 0 Å². The van der Waals surface area contributed by atoms with Crippen molar-refractivity contribution in [2.75, 3.05) is 24.7 Å². The molecule has 22 heteroatoms. The second kappa shape index (κ2) is 11.1. The molecule has 7 heterocycles. The number of nitrogens with zero attached hydrogens (tertiary/aromatic N) is 5. The van der Waals surface area contributed by atoms with Crippen LogP contribution in [-0.2, 0) is 36.7 Å². The van der Waals surface area contributed by atoms with Crippen LogP contribution in [0.25, 0.3) is 22.2 Å². The average Bonchev–Trinajstić information content (AvgIpc) is 3.72. The molecule has 3 aliphatic heterocycles. The number of nitrogen functional groups attached to an aromatic ring is 2. The Morgan fingerprint density at radius 2 is 1.73 bits per heavy atom. The molecule has 3 aliphatic rings. The minimum absolute atomic E-state index is 0.000119. The van der Waals surface area contributed by atoms with Crippen molar-refractivity contribution < 1.29 is 41.8 Å². The van der Waals surface area contributed by atoms with Crippen molar-refractivity contribution in [1.82, 2.24) is 29.1 Å². The third kappa shape index (κ3) is 5.47. The number of anilines is 2. The molecule has 18 nitrogen and oxygen atoms in total. The maximum Gasteiger partial charge on any atom is 0.386 e. The zero-order chi connectivity index (χ0) is 31.0. The molecule has 4 aromatic rings. The molecule has 0 amide bonds. The molecule has 0 saturated carbocycles. The molecule has 0 aromatic carbocycles. The van der Waals surface area contributed by atoms with Gasteiger partial charge in [0.2, 0.25) is 5.95 Å². The van der Waals surface area contributed by atoms with Crippen LogP contribution in [0.5, 0.6) is 0 Å². The lowest BCUT2D eigenvalue weighted by Crippen LogP contribution is -2.35. The van der Waals surface area contributed by atoms with Crippen molar-refractivity contribution in [2.45, 2.75) is 49.4 Å². The van der Waals surface area contributed by atoms with E-state index in [0.29, 0.717) is 16.7 Å². The molecule has 0 spiro atoms. The number of ether oxygens (including phenoxy) is 2. The molecule has 44 heavy (non-hydrogen) atoms. The summed E-state index contributed by atoms with van der Waals surface area (Å²) in [7, 11) is 0. The number of hydrogen-bond acceptors (Lipinski definition) is 15. The molecular weight excluding hydrogens is 662 g/mol. The highest BCUT2D eigenvalue weighted by Gasteiger charge is 2.51. The van der Waals surface area contributed by atoms with Gasteiger partial charge in [-0.25, -0.2) is 19.1 Å². The molecular formula is C22H26N8O10P2S2. The number of rotatable bonds is 2. The van der Waals surface area contributed by atoms with Gasteiger partial charge in [0, 0.05) is 29.9 Å². The summed E-state index contributed by atoms with van der Waals surface area (Å²) in [6, 6.07) is 3.46. The summed E-state index contributed by atoms with van der Waals surface area (Å²) in [5.74, 6) is -0.199. The largest absolute Gasteiger partial charge is 0.398 e. The monoisotopic (exact) mass is 688 g/mol. The van der Waals surface area contributed by atoms with Crippen LogP contribution in [0.1, 0.15) is 18.9 Å². The number of pyridine rings is 1. The Morgan fingerprint density at radius 3 is 2.52 bits per heavy atom. The predicted octanol–water partition coefficient (Wildman–Crippen LogP) is 1.77. The van der Waals surface area contributed by atoms with Crippen LogP contribution in [0.15, 0.2) is 35.6 Å². The lowest BCUT2D eigenvalue weighted by Gasteiger charge is -2.26. The Bertz CT molecular complexity index is 1910. The number of aliphatic hydroxyl groups excluding tert-OH is 1. The van der Waals surface area contributed by atoms with E-state index in [1.54, 1.807) is 29.1 Å². The minimum atomic E-state index is -4.25. The zero-order valence-corrected chi connectivity index (χ0v) is 25.9. The van der Waals surface area contributed by atoms with E-state index in [4.69, 9.17) is 39.0 Å². The first kappa shape index (κ1) is 30.2. The molecule has 3 fully saturated rings. The first-order valence-corrected chi connectivity index (χ1v) is 18.5.